The topological polar surface area (TPSA) is 63.4 Å². The number of rotatable bonds is 2. The van der Waals surface area contributed by atoms with E-state index in [1.165, 1.54) is 4.31 Å². The number of benzene rings is 1. The first-order chi connectivity index (χ1) is 7.50. The predicted molar refractivity (Wildman–Crippen MR) is 62.5 cm³/mol. The van der Waals surface area contributed by atoms with Crippen molar-refractivity contribution in [3.63, 3.8) is 0 Å². The van der Waals surface area contributed by atoms with E-state index in [-0.39, 0.29) is 6.04 Å². The number of nitrogens with two attached hydrogens (primary N) is 1. The predicted octanol–water partition coefficient (Wildman–Crippen LogP) is 0.717. The second-order valence-corrected chi connectivity index (χ2v) is 6.17. The molecule has 1 fully saturated rings. The van der Waals surface area contributed by atoms with Crippen LogP contribution < -0.4 is 5.73 Å². The summed E-state index contributed by atoms with van der Waals surface area (Å²) in [6, 6.07) is 6.94. The Bertz CT molecular complexity index is 485. The molecule has 1 aromatic carbocycles. The van der Waals surface area contributed by atoms with Gasteiger partial charge >= 0.3 is 0 Å². The lowest BCUT2D eigenvalue weighted by Crippen LogP contribution is -2.31. The van der Waals surface area contributed by atoms with Crippen molar-refractivity contribution in [2.75, 3.05) is 13.1 Å². The van der Waals surface area contributed by atoms with Gasteiger partial charge in [-0.1, -0.05) is 12.1 Å². The molecule has 0 amide bonds. The summed E-state index contributed by atoms with van der Waals surface area (Å²) in [5, 5.41) is 0. The number of sulfonamides is 1. The molecule has 0 unspecified atom stereocenters. The van der Waals surface area contributed by atoms with E-state index in [0.29, 0.717) is 18.0 Å². The third kappa shape index (κ3) is 2.11. The van der Waals surface area contributed by atoms with Crippen LogP contribution in [0.5, 0.6) is 0 Å². The quantitative estimate of drug-likeness (QED) is 0.828. The van der Waals surface area contributed by atoms with Crippen LogP contribution in [-0.2, 0) is 10.0 Å². The molecule has 0 saturated carbocycles. The van der Waals surface area contributed by atoms with Gasteiger partial charge in [-0.2, -0.15) is 4.31 Å². The van der Waals surface area contributed by atoms with Gasteiger partial charge in [0.25, 0.3) is 0 Å². The summed E-state index contributed by atoms with van der Waals surface area (Å²) in [7, 11) is -3.34. The lowest BCUT2D eigenvalue weighted by Gasteiger charge is -2.16. The third-order valence-corrected chi connectivity index (χ3v) is 4.68. The fourth-order valence-electron chi connectivity index (χ4n) is 1.90. The lowest BCUT2D eigenvalue weighted by molar-refractivity contribution is 0.472. The van der Waals surface area contributed by atoms with Gasteiger partial charge in [0.1, 0.15) is 0 Å². The Labute approximate surface area is 96.1 Å². The maximum absolute atomic E-state index is 12.2. The molecule has 0 aromatic heterocycles. The van der Waals surface area contributed by atoms with Crippen LogP contribution in [0.4, 0.5) is 0 Å². The molecule has 1 saturated heterocycles. The first-order valence-electron chi connectivity index (χ1n) is 5.32. The van der Waals surface area contributed by atoms with E-state index in [9.17, 15) is 8.42 Å². The molecule has 1 atom stereocenters. The maximum atomic E-state index is 12.2. The Hall–Kier alpha value is -0.910. The molecule has 1 aliphatic heterocycles. The fraction of sp³-hybridized carbons (Fsp3) is 0.455. The second kappa shape index (κ2) is 4.16. The van der Waals surface area contributed by atoms with Crippen molar-refractivity contribution in [2.45, 2.75) is 24.3 Å². The summed E-state index contributed by atoms with van der Waals surface area (Å²) in [6.45, 7) is 2.84. The van der Waals surface area contributed by atoms with Gasteiger partial charge in [0.05, 0.1) is 4.90 Å². The highest BCUT2D eigenvalue weighted by Gasteiger charge is 2.30. The molecule has 4 nitrogen and oxygen atoms in total. The molecule has 88 valence electrons. The van der Waals surface area contributed by atoms with Gasteiger partial charge in [-0.05, 0) is 31.0 Å². The van der Waals surface area contributed by atoms with Gasteiger partial charge in [-0.25, -0.2) is 8.42 Å². The van der Waals surface area contributed by atoms with E-state index in [2.05, 4.69) is 0 Å². The van der Waals surface area contributed by atoms with Gasteiger partial charge in [0.2, 0.25) is 10.0 Å². The zero-order valence-corrected chi connectivity index (χ0v) is 10.1. The minimum absolute atomic E-state index is 0.0282. The lowest BCUT2D eigenvalue weighted by atomic mass is 10.2. The Balaban J connectivity index is 2.32. The van der Waals surface area contributed by atoms with Crippen molar-refractivity contribution < 1.29 is 8.42 Å². The van der Waals surface area contributed by atoms with Crippen LogP contribution in [-0.4, -0.2) is 31.9 Å². The molecule has 1 heterocycles. The average Bonchev–Trinajstić information content (AvgIpc) is 2.65. The van der Waals surface area contributed by atoms with Crippen molar-refractivity contribution >= 4 is 10.0 Å². The Kier molecular flexibility index (Phi) is 3.01. The standard InChI is InChI=1S/C11H16N2O2S/c1-9-3-2-4-11(7-9)16(14,15)13-6-5-10(12)8-13/h2-4,7,10H,5-6,8,12H2,1H3/t10-/m1/s1. The van der Waals surface area contributed by atoms with Crippen LogP contribution in [0.1, 0.15) is 12.0 Å². The number of hydrogen-bond acceptors (Lipinski definition) is 3. The summed E-state index contributed by atoms with van der Waals surface area (Å²) in [5.74, 6) is 0. The van der Waals surface area contributed by atoms with Crippen molar-refractivity contribution in [3.05, 3.63) is 29.8 Å². The van der Waals surface area contributed by atoms with E-state index in [1.807, 2.05) is 13.0 Å². The maximum Gasteiger partial charge on any atom is 0.243 e. The van der Waals surface area contributed by atoms with Gasteiger partial charge in [0, 0.05) is 19.1 Å². The fourth-order valence-corrected chi connectivity index (χ4v) is 3.51. The monoisotopic (exact) mass is 240 g/mol. The van der Waals surface area contributed by atoms with Gasteiger partial charge < -0.3 is 5.73 Å². The van der Waals surface area contributed by atoms with Crippen molar-refractivity contribution in [2.24, 2.45) is 5.73 Å². The van der Waals surface area contributed by atoms with Crippen LogP contribution in [0.2, 0.25) is 0 Å². The number of aryl methyl sites for hydroxylation is 1. The number of hydrogen-bond donors (Lipinski definition) is 1. The van der Waals surface area contributed by atoms with Gasteiger partial charge in [-0.3, -0.25) is 0 Å². The summed E-state index contributed by atoms with van der Waals surface area (Å²) in [5.41, 5.74) is 6.67. The molecule has 0 bridgehead atoms. The second-order valence-electron chi connectivity index (χ2n) is 4.23. The molecule has 2 N–H and O–H groups in total. The molecule has 2 rings (SSSR count). The van der Waals surface area contributed by atoms with Crippen molar-refractivity contribution in [1.29, 1.82) is 0 Å². The highest BCUT2D eigenvalue weighted by Crippen LogP contribution is 2.20. The number of nitrogens with zero attached hydrogens (tertiary/aromatic N) is 1. The minimum Gasteiger partial charge on any atom is -0.326 e. The largest absolute Gasteiger partial charge is 0.326 e. The highest BCUT2D eigenvalue weighted by atomic mass is 32.2. The molecular weight excluding hydrogens is 224 g/mol. The van der Waals surface area contributed by atoms with Gasteiger partial charge in [0.15, 0.2) is 0 Å². The molecule has 0 spiro atoms. The van der Waals surface area contributed by atoms with Crippen LogP contribution in [0.25, 0.3) is 0 Å². The van der Waals surface area contributed by atoms with Crippen LogP contribution in [0.15, 0.2) is 29.2 Å². The van der Waals surface area contributed by atoms with Crippen molar-refractivity contribution in [1.82, 2.24) is 4.31 Å². The minimum atomic E-state index is -3.34. The molecule has 16 heavy (non-hydrogen) atoms. The van der Waals surface area contributed by atoms with E-state index in [0.717, 1.165) is 12.0 Å². The van der Waals surface area contributed by atoms with E-state index < -0.39 is 10.0 Å². The smallest absolute Gasteiger partial charge is 0.243 e. The third-order valence-electron chi connectivity index (χ3n) is 2.81. The zero-order chi connectivity index (χ0) is 11.8. The highest BCUT2D eigenvalue weighted by molar-refractivity contribution is 7.89. The van der Waals surface area contributed by atoms with E-state index >= 15 is 0 Å². The van der Waals surface area contributed by atoms with E-state index in [4.69, 9.17) is 5.73 Å². The molecule has 0 radical (unpaired) electrons. The summed E-state index contributed by atoms with van der Waals surface area (Å²) in [4.78, 5) is 0.363. The summed E-state index contributed by atoms with van der Waals surface area (Å²) < 4.78 is 25.9. The first kappa shape index (κ1) is 11.6. The molecule has 1 aromatic rings. The molecule has 0 aliphatic carbocycles. The van der Waals surface area contributed by atoms with Crippen LogP contribution in [0.3, 0.4) is 0 Å². The molecule has 5 heteroatoms. The average molecular weight is 240 g/mol. The van der Waals surface area contributed by atoms with Crippen molar-refractivity contribution in [3.8, 4) is 0 Å². The van der Waals surface area contributed by atoms with E-state index in [1.54, 1.807) is 18.2 Å². The Morgan fingerprint density at radius 2 is 2.19 bits per heavy atom. The Morgan fingerprint density at radius 3 is 2.75 bits per heavy atom. The van der Waals surface area contributed by atoms with Crippen LogP contribution >= 0.6 is 0 Å². The van der Waals surface area contributed by atoms with Gasteiger partial charge in [-0.15, -0.1) is 0 Å². The summed E-state index contributed by atoms with van der Waals surface area (Å²) >= 11 is 0. The first-order valence-corrected chi connectivity index (χ1v) is 6.76. The normalized spacial score (nSPS) is 22.5. The molecular formula is C11H16N2O2S. The SMILES string of the molecule is Cc1cccc(S(=O)(=O)N2CC[C@@H](N)C2)c1. The molecule has 1 aliphatic rings. The summed E-state index contributed by atoms with van der Waals surface area (Å²) in [6.07, 6.45) is 0.741. The zero-order valence-electron chi connectivity index (χ0n) is 9.26. The van der Waals surface area contributed by atoms with Crippen LogP contribution in [0, 0.1) is 6.92 Å². The Morgan fingerprint density at radius 1 is 1.44 bits per heavy atom.